The van der Waals surface area contributed by atoms with Gasteiger partial charge in [0.15, 0.2) is 5.96 Å². The predicted molar refractivity (Wildman–Crippen MR) is 132 cm³/mol. The molecule has 2 heterocycles. The summed E-state index contributed by atoms with van der Waals surface area (Å²) in [5.74, 6) is 2.43. The topological polar surface area (TPSA) is 58.1 Å². The van der Waals surface area contributed by atoms with Gasteiger partial charge in [0.05, 0.1) is 19.3 Å². The lowest BCUT2D eigenvalue weighted by Gasteiger charge is -2.55. The summed E-state index contributed by atoms with van der Waals surface area (Å²) in [7, 11) is 3.62. The Bertz CT molecular complexity index is 736. The van der Waals surface area contributed by atoms with Gasteiger partial charge in [-0.25, -0.2) is 0 Å². The molecule has 3 fully saturated rings. The summed E-state index contributed by atoms with van der Waals surface area (Å²) in [6.45, 7) is 8.55. The van der Waals surface area contributed by atoms with Crippen LogP contribution in [-0.2, 0) is 4.74 Å². The van der Waals surface area contributed by atoms with Crippen molar-refractivity contribution in [2.75, 3.05) is 40.4 Å². The van der Waals surface area contributed by atoms with Gasteiger partial charge in [0.25, 0.3) is 0 Å². The number of rotatable bonds is 6. The smallest absolute Gasteiger partial charge is 0.191 e. The number of aliphatic imine (C=N–C) groups is 1. The quantitative estimate of drug-likeness (QED) is 0.337. The Morgan fingerprint density at radius 1 is 1.30 bits per heavy atom. The second-order valence-corrected chi connectivity index (χ2v) is 9.14. The predicted octanol–water partition coefficient (Wildman–Crippen LogP) is 3.43. The minimum absolute atomic E-state index is 0. The number of nitrogens with one attached hydrogen (secondary N) is 2. The van der Waals surface area contributed by atoms with Crippen LogP contribution in [-0.4, -0.2) is 63.4 Å². The maximum absolute atomic E-state index is 5.94. The van der Waals surface area contributed by atoms with E-state index in [0.717, 1.165) is 44.4 Å². The van der Waals surface area contributed by atoms with E-state index in [4.69, 9.17) is 9.47 Å². The third-order valence-electron chi connectivity index (χ3n) is 7.16. The lowest BCUT2D eigenvalue weighted by atomic mass is 9.57. The Kier molecular flexibility index (Phi) is 7.90. The molecule has 1 aliphatic carbocycles. The van der Waals surface area contributed by atoms with Gasteiger partial charge in [-0.1, -0.05) is 32.0 Å². The number of para-hydroxylation sites is 1. The van der Waals surface area contributed by atoms with Crippen LogP contribution in [0.2, 0.25) is 0 Å². The third kappa shape index (κ3) is 4.43. The average molecular weight is 528 g/mol. The highest BCUT2D eigenvalue weighted by molar-refractivity contribution is 14.0. The molecule has 2 aliphatic heterocycles. The van der Waals surface area contributed by atoms with E-state index in [-0.39, 0.29) is 35.4 Å². The number of nitrogens with zero attached hydrogens (tertiary/aromatic N) is 2. The van der Waals surface area contributed by atoms with Gasteiger partial charge in [-0.05, 0) is 38.4 Å². The molecule has 0 bridgehead atoms. The number of halogens is 1. The van der Waals surface area contributed by atoms with E-state index in [0.29, 0.717) is 18.1 Å². The number of likely N-dealkylation sites (tertiary alicyclic amines) is 1. The highest BCUT2D eigenvalue weighted by atomic mass is 127. The van der Waals surface area contributed by atoms with Gasteiger partial charge in [0.2, 0.25) is 0 Å². The van der Waals surface area contributed by atoms with Crippen molar-refractivity contribution in [2.24, 2.45) is 16.3 Å². The van der Waals surface area contributed by atoms with E-state index in [9.17, 15) is 0 Å². The molecule has 30 heavy (non-hydrogen) atoms. The van der Waals surface area contributed by atoms with Gasteiger partial charge in [-0.15, -0.1) is 24.0 Å². The maximum Gasteiger partial charge on any atom is 0.191 e. The molecular weight excluding hydrogens is 491 g/mol. The zero-order chi connectivity index (χ0) is 20.4. The first-order valence-corrected chi connectivity index (χ1v) is 11.0. The fourth-order valence-electron chi connectivity index (χ4n) is 5.58. The van der Waals surface area contributed by atoms with Gasteiger partial charge in [0.1, 0.15) is 5.75 Å². The average Bonchev–Trinajstić information content (AvgIpc) is 3.42. The van der Waals surface area contributed by atoms with E-state index < -0.39 is 0 Å². The molecule has 0 amide bonds. The van der Waals surface area contributed by atoms with Crippen LogP contribution in [0.25, 0.3) is 0 Å². The molecule has 1 saturated carbocycles. The number of hydrogen-bond acceptors (Lipinski definition) is 4. The standard InChI is InChI=1S/C23H36N4O2.HI/c1-23(2)20(17-11-14-29-21(17)23)26-22(24-3)25-15-18(27-12-7-8-13-27)16-9-5-6-10-19(16)28-4;/h5-6,9-10,17-18,20-21H,7-8,11-15H2,1-4H3,(H2,24,25,26);1H. The number of ether oxygens (including phenoxy) is 2. The Morgan fingerprint density at radius 3 is 2.73 bits per heavy atom. The van der Waals surface area contributed by atoms with Crippen molar-refractivity contribution >= 4 is 29.9 Å². The van der Waals surface area contributed by atoms with Crippen LogP contribution in [0.5, 0.6) is 5.75 Å². The minimum atomic E-state index is 0. The molecular formula is C23H37IN4O2. The van der Waals surface area contributed by atoms with Gasteiger partial charge in [-0.2, -0.15) is 0 Å². The molecule has 7 heteroatoms. The van der Waals surface area contributed by atoms with E-state index >= 15 is 0 Å². The molecule has 0 aromatic heterocycles. The van der Waals surface area contributed by atoms with Crippen LogP contribution in [0.15, 0.2) is 29.3 Å². The summed E-state index contributed by atoms with van der Waals surface area (Å²) in [5.41, 5.74) is 1.38. The van der Waals surface area contributed by atoms with Crippen LogP contribution in [0.4, 0.5) is 0 Å². The number of benzene rings is 1. The second kappa shape index (κ2) is 10.0. The van der Waals surface area contributed by atoms with Crippen molar-refractivity contribution in [3.8, 4) is 5.75 Å². The fraction of sp³-hybridized carbons (Fsp3) is 0.696. The highest BCUT2D eigenvalue weighted by Gasteiger charge is 2.59. The molecule has 6 nitrogen and oxygen atoms in total. The summed E-state index contributed by atoms with van der Waals surface area (Å²) in [6, 6.07) is 9.06. The second-order valence-electron chi connectivity index (χ2n) is 9.14. The monoisotopic (exact) mass is 528 g/mol. The minimum Gasteiger partial charge on any atom is -0.496 e. The summed E-state index contributed by atoms with van der Waals surface area (Å²) in [6.07, 6.45) is 4.04. The zero-order valence-electron chi connectivity index (χ0n) is 18.7. The van der Waals surface area contributed by atoms with Crippen LogP contribution in [0, 0.1) is 11.3 Å². The first-order valence-electron chi connectivity index (χ1n) is 11.0. The summed E-state index contributed by atoms with van der Waals surface area (Å²) >= 11 is 0. The molecule has 4 unspecified atom stereocenters. The lowest BCUT2D eigenvalue weighted by molar-refractivity contribution is -0.106. The van der Waals surface area contributed by atoms with Crippen molar-refractivity contribution in [3.63, 3.8) is 0 Å². The van der Waals surface area contributed by atoms with Crippen LogP contribution < -0.4 is 15.4 Å². The molecule has 1 aromatic rings. The van der Waals surface area contributed by atoms with E-state index in [1.165, 1.54) is 18.4 Å². The van der Waals surface area contributed by atoms with E-state index in [2.05, 4.69) is 52.6 Å². The Balaban J connectivity index is 0.00000256. The molecule has 0 spiro atoms. The van der Waals surface area contributed by atoms with E-state index in [1.807, 2.05) is 13.1 Å². The summed E-state index contributed by atoms with van der Waals surface area (Å²) in [4.78, 5) is 7.09. The van der Waals surface area contributed by atoms with Gasteiger partial charge < -0.3 is 20.1 Å². The van der Waals surface area contributed by atoms with Gasteiger partial charge >= 0.3 is 0 Å². The molecule has 2 N–H and O–H groups in total. The summed E-state index contributed by atoms with van der Waals surface area (Å²) < 4.78 is 11.6. The Morgan fingerprint density at radius 2 is 2.03 bits per heavy atom. The van der Waals surface area contributed by atoms with Crippen molar-refractivity contribution in [2.45, 2.75) is 51.3 Å². The van der Waals surface area contributed by atoms with Crippen molar-refractivity contribution in [1.29, 1.82) is 0 Å². The molecule has 1 aromatic carbocycles. The Hall–Kier alpha value is -1.06. The SMILES string of the molecule is CN=C(NCC(c1ccccc1OC)N1CCCC1)NC1C2CCOC2C1(C)C.I. The van der Waals surface area contributed by atoms with Crippen molar-refractivity contribution in [3.05, 3.63) is 29.8 Å². The normalized spacial score (nSPS) is 28.8. The van der Waals surface area contributed by atoms with Crippen molar-refractivity contribution in [1.82, 2.24) is 15.5 Å². The number of methoxy groups -OCH3 is 1. The van der Waals surface area contributed by atoms with Crippen LogP contribution in [0.1, 0.15) is 44.7 Å². The Labute approximate surface area is 198 Å². The molecule has 3 aliphatic rings. The largest absolute Gasteiger partial charge is 0.496 e. The molecule has 2 saturated heterocycles. The zero-order valence-corrected chi connectivity index (χ0v) is 21.0. The van der Waals surface area contributed by atoms with E-state index in [1.54, 1.807) is 7.11 Å². The third-order valence-corrected chi connectivity index (χ3v) is 7.16. The number of hydrogen-bond donors (Lipinski definition) is 2. The number of guanidine groups is 1. The highest BCUT2D eigenvalue weighted by Crippen LogP contribution is 2.52. The lowest BCUT2D eigenvalue weighted by Crippen LogP contribution is -2.68. The van der Waals surface area contributed by atoms with Crippen LogP contribution in [0.3, 0.4) is 0 Å². The first-order chi connectivity index (χ1) is 14.1. The van der Waals surface area contributed by atoms with Crippen LogP contribution >= 0.6 is 24.0 Å². The number of fused-ring (bicyclic) bond motifs is 1. The van der Waals surface area contributed by atoms with Crippen molar-refractivity contribution < 1.29 is 9.47 Å². The molecule has 4 rings (SSSR count). The fourth-order valence-corrected chi connectivity index (χ4v) is 5.58. The van der Waals surface area contributed by atoms with Gasteiger partial charge in [0, 0.05) is 43.1 Å². The summed E-state index contributed by atoms with van der Waals surface area (Å²) in [5, 5.41) is 7.31. The maximum atomic E-state index is 5.94. The molecule has 4 atom stereocenters. The molecule has 0 radical (unpaired) electrons. The van der Waals surface area contributed by atoms with Gasteiger partial charge in [-0.3, -0.25) is 9.89 Å². The first kappa shape index (κ1) is 23.6. The molecule has 168 valence electrons.